The molecule has 0 unspecified atom stereocenters. The fourth-order valence-corrected chi connectivity index (χ4v) is 3.22. The lowest BCUT2D eigenvalue weighted by Gasteiger charge is -2.24. The van der Waals surface area contributed by atoms with Crippen LogP contribution in [0.1, 0.15) is 26.2 Å². The third-order valence-electron chi connectivity index (χ3n) is 3.85. The Hall–Kier alpha value is -2.23. The van der Waals surface area contributed by atoms with Crippen molar-refractivity contribution in [1.29, 1.82) is 0 Å². The Morgan fingerprint density at radius 2 is 1.67 bits per heavy atom. The third-order valence-corrected chi connectivity index (χ3v) is 4.94. The highest BCUT2D eigenvalue weighted by atomic mass is 32.2. The van der Waals surface area contributed by atoms with Crippen LogP contribution in [0.25, 0.3) is 0 Å². The molecule has 1 saturated carbocycles. The van der Waals surface area contributed by atoms with Gasteiger partial charge in [-0.05, 0) is 25.2 Å². The summed E-state index contributed by atoms with van der Waals surface area (Å²) in [6, 6.07) is 1.82. The van der Waals surface area contributed by atoms with E-state index in [1.807, 2.05) is 6.92 Å². The van der Waals surface area contributed by atoms with Crippen LogP contribution in [-0.4, -0.2) is 37.6 Å². The Morgan fingerprint density at radius 3 is 2.00 bits per heavy atom. The predicted molar refractivity (Wildman–Crippen MR) is 88.1 cm³/mol. The van der Waals surface area contributed by atoms with Crippen LogP contribution in [0, 0.1) is 26.1 Å². The van der Waals surface area contributed by atoms with Crippen LogP contribution < -0.4 is 4.90 Å². The number of nitrogens with zero attached hydrogens (tertiary/aromatic N) is 3. The molecule has 0 aliphatic heterocycles. The van der Waals surface area contributed by atoms with E-state index in [-0.39, 0.29) is 5.69 Å². The molecule has 2 rings (SSSR count). The summed E-state index contributed by atoms with van der Waals surface area (Å²) in [5, 5.41) is 22.9. The first-order valence-corrected chi connectivity index (χ1v) is 9.46. The van der Waals surface area contributed by atoms with Crippen molar-refractivity contribution in [1.82, 2.24) is 0 Å². The lowest BCUT2D eigenvalue weighted by molar-refractivity contribution is -0.393. The normalized spacial score (nSPS) is 14.4. The predicted octanol–water partition coefficient (Wildman–Crippen LogP) is 2.53. The van der Waals surface area contributed by atoms with Gasteiger partial charge < -0.3 is 4.90 Å². The Morgan fingerprint density at radius 1 is 1.17 bits per heavy atom. The van der Waals surface area contributed by atoms with Gasteiger partial charge in [0.2, 0.25) is 0 Å². The van der Waals surface area contributed by atoms with Crippen LogP contribution in [0.2, 0.25) is 0 Å². The highest BCUT2D eigenvalue weighted by Crippen LogP contribution is 2.42. The molecule has 0 aromatic heterocycles. The molecule has 1 aromatic carbocycles. The average molecular weight is 357 g/mol. The molecule has 1 aromatic rings. The Balaban J connectivity index is 2.69. The minimum absolute atomic E-state index is 0.105. The zero-order valence-corrected chi connectivity index (χ0v) is 14.3. The monoisotopic (exact) mass is 357 g/mol. The van der Waals surface area contributed by atoms with Gasteiger partial charge >= 0.3 is 11.4 Å². The quantitative estimate of drug-likeness (QED) is 0.517. The van der Waals surface area contributed by atoms with E-state index in [0.29, 0.717) is 25.4 Å². The minimum atomic E-state index is -3.81. The molecule has 24 heavy (non-hydrogen) atoms. The van der Waals surface area contributed by atoms with E-state index in [4.69, 9.17) is 0 Å². The van der Waals surface area contributed by atoms with Crippen LogP contribution in [0.5, 0.6) is 0 Å². The summed E-state index contributed by atoms with van der Waals surface area (Å²) >= 11 is 0. The lowest BCUT2D eigenvalue weighted by atomic mass is 10.2. The van der Waals surface area contributed by atoms with Gasteiger partial charge in [0, 0.05) is 31.5 Å². The maximum atomic E-state index is 11.7. The Labute approximate surface area is 139 Å². The molecule has 132 valence electrons. The number of hydrogen-bond donors (Lipinski definition) is 0. The number of nitro benzene ring substituents is 2. The third kappa shape index (κ3) is 3.99. The molecule has 1 aliphatic carbocycles. The summed E-state index contributed by atoms with van der Waals surface area (Å²) in [5.74, 6) is 0.366. The van der Waals surface area contributed by atoms with E-state index < -0.39 is 36.0 Å². The van der Waals surface area contributed by atoms with Crippen molar-refractivity contribution in [3.05, 3.63) is 32.4 Å². The number of nitro groups is 2. The van der Waals surface area contributed by atoms with Gasteiger partial charge in [-0.25, -0.2) is 8.42 Å². The second kappa shape index (κ2) is 6.71. The van der Waals surface area contributed by atoms with Crippen molar-refractivity contribution in [2.75, 3.05) is 24.2 Å². The van der Waals surface area contributed by atoms with E-state index in [0.717, 1.165) is 31.2 Å². The van der Waals surface area contributed by atoms with Crippen LogP contribution in [-0.2, 0) is 9.84 Å². The van der Waals surface area contributed by atoms with Crippen molar-refractivity contribution < 1.29 is 18.3 Å². The zero-order valence-electron chi connectivity index (χ0n) is 13.5. The lowest BCUT2D eigenvalue weighted by Crippen LogP contribution is -2.28. The molecule has 0 heterocycles. The molecular weight excluding hydrogens is 338 g/mol. The first kappa shape index (κ1) is 18.1. The average Bonchev–Trinajstić information content (AvgIpc) is 3.28. The van der Waals surface area contributed by atoms with Crippen LogP contribution >= 0.6 is 0 Å². The maximum absolute atomic E-state index is 11.7. The van der Waals surface area contributed by atoms with Crippen molar-refractivity contribution in [2.45, 2.75) is 31.1 Å². The molecule has 0 bridgehead atoms. The summed E-state index contributed by atoms with van der Waals surface area (Å²) in [7, 11) is -3.81. The molecule has 0 N–H and O–H groups in total. The highest BCUT2D eigenvalue weighted by Gasteiger charge is 2.35. The van der Waals surface area contributed by atoms with Crippen LogP contribution in [0.15, 0.2) is 17.0 Å². The number of rotatable bonds is 8. The van der Waals surface area contributed by atoms with Crippen LogP contribution in [0.4, 0.5) is 17.1 Å². The molecule has 1 aliphatic rings. The smallest absolute Gasteiger partial charge is 0.300 e. The number of anilines is 1. The zero-order chi connectivity index (χ0) is 18.1. The second-order valence-corrected chi connectivity index (χ2v) is 8.00. The Kier molecular flexibility index (Phi) is 5.07. The van der Waals surface area contributed by atoms with E-state index in [1.165, 1.54) is 0 Å². The van der Waals surface area contributed by atoms with E-state index in [9.17, 15) is 28.6 Å². The molecule has 10 heteroatoms. The molecule has 9 nitrogen and oxygen atoms in total. The molecule has 0 radical (unpaired) electrons. The molecule has 1 fully saturated rings. The molecule has 0 amide bonds. The van der Waals surface area contributed by atoms with Gasteiger partial charge in [-0.3, -0.25) is 20.2 Å². The standard InChI is InChI=1S/C14H19N3O6S/c1-3-6-15(9-10-4-5-10)14-12(16(18)19)7-11(24(2,22)23)8-13(14)17(20)21/h7-8,10H,3-6,9H2,1-2H3. The first-order chi connectivity index (χ1) is 11.1. The van der Waals surface area contributed by atoms with E-state index >= 15 is 0 Å². The fraction of sp³-hybridized carbons (Fsp3) is 0.571. The number of sulfone groups is 1. The molecule has 0 saturated heterocycles. The fourth-order valence-electron chi connectivity index (χ4n) is 2.57. The van der Waals surface area contributed by atoms with E-state index in [1.54, 1.807) is 4.90 Å². The maximum Gasteiger partial charge on any atom is 0.300 e. The summed E-state index contributed by atoms with van der Waals surface area (Å²) in [4.78, 5) is 22.6. The minimum Gasteiger partial charge on any atom is -0.360 e. The van der Waals surface area contributed by atoms with Crippen molar-refractivity contribution in [2.24, 2.45) is 5.92 Å². The van der Waals surface area contributed by atoms with E-state index in [2.05, 4.69) is 0 Å². The van der Waals surface area contributed by atoms with Gasteiger partial charge in [0.25, 0.3) is 0 Å². The van der Waals surface area contributed by atoms with Gasteiger partial charge in [-0.1, -0.05) is 6.92 Å². The molecule has 0 atom stereocenters. The van der Waals surface area contributed by atoms with Gasteiger partial charge in [0.15, 0.2) is 15.5 Å². The van der Waals surface area contributed by atoms with Crippen LogP contribution in [0.3, 0.4) is 0 Å². The van der Waals surface area contributed by atoms with Gasteiger partial charge in [-0.2, -0.15) is 0 Å². The van der Waals surface area contributed by atoms with Gasteiger partial charge in [0.05, 0.1) is 14.7 Å². The molecular formula is C14H19N3O6S. The summed E-state index contributed by atoms with van der Waals surface area (Å²) in [6.07, 6.45) is 3.50. The number of hydrogen-bond acceptors (Lipinski definition) is 7. The SMILES string of the molecule is CCCN(CC1CC1)c1c([N+](=O)[O-])cc(S(C)(=O)=O)cc1[N+](=O)[O-]. The topological polar surface area (TPSA) is 124 Å². The first-order valence-electron chi connectivity index (χ1n) is 7.57. The summed E-state index contributed by atoms with van der Waals surface area (Å²) < 4.78 is 23.4. The highest BCUT2D eigenvalue weighted by molar-refractivity contribution is 7.90. The largest absolute Gasteiger partial charge is 0.360 e. The summed E-state index contributed by atoms with van der Waals surface area (Å²) in [5.41, 5.74) is -1.19. The second-order valence-electron chi connectivity index (χ2n) is 5.99. The van der Waals surface area contributed by atoms with Crippen molar-refractivity contribution >= 4 is 26.9 Å². The van der Waals surface area contributed by atoms with Gasteiger partial charge in [0.1, 0.15) is 0 Å². The molecule has 0 spiro atoms. The van der Waals surface area contributed by atoms with Crippen molar-refractivity contribution in [3.63, 3.8) is 0 Å². The summed E-state index contributed by atoms with van der Waals surface area (Å²) in [6.45, 7) is 2.80. The number of benzene rings is 1. The van der Waals surface area contributed by atoms with Crippen molar-refractivity contribution in [3.8, 4) is 0 Å². The Bertz CT molecular complexity index is 738. The van der Waals surface area contributed by atoms with Gasteiger partial charge in [-0.15, -0.1) is 0 Å².